The summed E-state index contributed by atoms with van der Waals surface area (Å²) >= 11 is 0. The molecule has 5 heteroatoms. The van der Waals surface area contributed by atoms with Crippen molar-refractivity contribution >= 4 is 11.9 Å². The summed E-state index contributed by atoms with van der Waals surface area (Å²) in [6.45, 7) is 4.98. The molecule has 1 saturated heterocycles. The number of carboxylic acids is 1. The number of nitrogens with one attached hydrogen (secondary N) is 1. The van der Waals surface area contributed by atoms with Crippen LogP contribution in [0.4, 0.5) is 0 Å². The van der Waals surface area contributed by atoms with Crippen molar-refractivity contribution in [1.29, 1.82) is 0 Å². The zero-order valence-electron chi connectivity index (χ0n) is 12.4. The molecule has 0 radical (unpaired) electrons. The summed E-state index contributed by atoms with van der Waals surface area (Å²) in [4.78, 5) is 23.7. The topological polar surface area (TPSA) is 75.6 Å². The third-order valence-electron chi connectivity index (χ3n) is 4.93. The third kappa shape index (κ3) is 3.14. The lowest BCUT2D eigenvalue weighted by Crippen LogP contribution is -2.48. The highest BCUT2D eigenvalue weighted by Gasteiger charge is 2.42. The predicted molar refractivity (Wildman–Crippen MR) is 74.2 cm³/mol. The third-order valence-corrected chi connectivity index (χ3v) is 4.93. The molecule has 114 valence electrons. The Bertz CT molecular complexity index is 374. The molecule has 2 fully saturated rings. The molecular weight excluding hydrogens is 258 g/mol. The largest absolute Gasteiger partial charge is 0.481 e. The van der Waals surface area contributed by atoms with Crippen LogP contribution in [0.15, 0.2) is 0 Å². The monoisotopic (exact) mass is 283 g/mol. The average Bonchev–Trinajstić information content (AvgIpc) is 2.84. The first-order chi connectivity index (χ1) is 9.44. The molecule has 1 amide bonds. The van der Waals surface area contributed by atoms with E-state index in [1.54, 1.807) is 0 Å². The summed E-state index contributed by atoms with van der Waals surface area (Å²) in [6, 6.07) is 0. The van der Waals surface area contributed by atoms with Gasteiger partial charge < -0.3 is 15.2 Å². The van der Waals surface area contributed by atoms with Crippen LogP contribution in [0.2, 0.25) is 0 Å². The minimum atomic E-state index is -0.788. The Morgan fingerprint density at radius 1 is 1.25 bits per heavy atom. The first-order valence-corrected chi connectivity index (χ1v) is 7.57. The van der Waals surface area contributed by atoms with Crippen molar-refractivity contribution in [3.05, 3.63) is 0 Å². The summed E-state index contributed by atoms with van der Waals surface area (Å²) in [5.74, 6) is -0.155. The summed E-state index contributed by atoms with van der Waals surface area (Å²) in [6.07, 6.45) is 3.59. The van der Waals surface area contributed by atoms with E-state index in [0.29, 0.717) is 25.4 Å². The quantitative estimate of drug-likeness (QED) is 0.825. The van der Waals surface area contributed by atoms with Gasteiger partial charge in [-0.2, -0.15) is 0 Å². The molecule has 5 nitrogen and oxygen atoms in total. The van der Waals surface area contributed by atoms with E-state index in [0.717, 1.165) is 19.3 Å². The Kier molecular flexibility index (Phi) is 4.68. The van der Waals surface area contributed by atoms with Crippen LogP contribution in [0, 0.1) is 17.3 Å². The molecule has 2 unspecified atom stereocenters. The molecule has 0 aromatic heterocycles. The maximum Gasteiger partial charge on any atom is 0.311 e. The van der Waals surface area contributed by atoms with Crippen molar-refractivity contribution < 1.29 is 19.4 Å². The highest BCUT2D eigenvalue weighted by Crippen LogP contribution is 2.38. The Labute approximate surface area is 120 Å². The SMILES string of the molecule is CC1CCC(CNC(=O)C2OCCC2C)(C(=O)O)CC1. The van der Waals surface area contributed by atoms with Gasteiger partial charge in [0, 0.05) is 13.2 Å². The minimum absolute atomic E-state index is 0.158. The van der Waals surface area contributed by atoms with E-state index >= 15 is 0 Å². The second-order valence-corrected chi connectivity index (χ2v) is 6.54. The van der Waals surface area contributed by atoms with Gasteiger partial charge in [0.05, 0.1) is 5.41 Å². The fourth-order valence-electron chi connectivity index (χ4n) is 3.17. The zero-order valence-corrected chi connectivity index (χ0v) is 12.4. The first-order valence-electron chi connectivity index (χ1n) is 7.57. The number of hydrogen-bond acceptors (Lipinski definition) is 3. The standard InChI is InChI=1S/C15H25NO4/c1-10-3-6-15(7-4-10,14(18)19)9-16-13(17)12-11(2)5-8-20-12/h10-12H,3-9H2,1-2H3,(H,16,17)(H,18,19). The van der Waals surface area contributed by atoms with Crippen molar-refractivity contribution in [2.24, 2.45) is 17.3 Å². The predicted octanol–water partition coefficient (Wildman–Crippen LogP) is 1.81. The summed E-state index contributed by atoms with van der Waals surface area (Å²) in [5.41, 5.74) is -0.788. The molecule has 1 saturated carbocycles. The summed E-state index contributed by atoms with van der Waals surface area (Å²) < 4.78 is 5.42. The van der Waals surface area contributed by atoms with E-state index < -0.39 is 17.5 Å². The molecule has 2 atom stereocenters. The van der Waals surface area contributed by atoms with Crippen molar-refractivity contribution in [3.63, 3.8) is 0 Å². The molecule has 0 aromatic carbocycles. The van der Waals surface area contributed by atoms with E-state index in [-0.39, 0.29) is 18.4 Å². The fourth-order valence-corrected chi connectivity index (χ4v) is 3.17. The highest BCUT2D eigenvalue weighted by molar-refractivity contribution is 5.82. The van der Waals surface area contributed by atoms with Gasteiger partial charge in [0.2, 0.25) is 5.91 Å². The van der Waals surface area contributed by atoms with Crippen molar-refractivity contribution in [2.75, 3.05) is 13.2 Å². The second kappa shape index (κ2) is 6.12. The molecule has 2 rings (SSSR count). The van der Waals surface area contributed by atoms with Crippen LogP contribution in [-0.4, -0.2) is 36.2 Å². The van der Waals surface area contributed by atoms with Gasteiger partial charge in [-0.15, -0.1) is 0 Å². The van der Waals surface area contributed by atoms with E-state index in [2.05, 4.69) is 12.2 Å². The van der Waals surface area contributed by atoms with Gasteiger partial charge in [-0.05, 0) is 43.9 Å². The van der Waals surface area contributed by atoms with Gasteiger partial charge in [-0.3, -0.25) is 9.59 Å². The lowest BCUT2D eigenvalue weighted by molar-refractivity contribution is -0.151. The molecule has 2 N–H and O–H groups in total. The van der Waals surface area contributed by atoms with E-state index in [9.17, 15) is 14.7 Å². The van der Waals surface area contributed by atoms with E-state index in [1.807, 2.05) is 6.92 Å². The molecule has 0 aromatic rings. The Morgan fingerprint density at radius 3 is 2.40 bits per heavy atom. The minimum Gasteiger partial charge on any atom is -0.481 e. The van der Waals surface area contributed by atoms with E-state index in [4.69, 9.17) is 4.74 Å². The second-order valence-electron chi connectivity index (χ2n) is 6.54. The molecule has 20 heavy (non-hydrogen) atoms. The van der Waals surface area contributed by atoms with Gasteiger partial charge in [-0.1, -0.05) is 13.8 Å². The normalized spacial score (nSPS) is 37.6. The highest BCUT2D eigenvalue weighted by atomic mass is 16.5. The van der Waals surface area contributed by atoms with Gasteiger partial charge >= 0.3 is 5.97 Å². The number of aliphatic carboxylic acids is 1. The molecule has 2 aliphatic rings. The van der Waals surface area contributed by atoms with Gasteiger partial charge in [-0.25, -0.2) is 0 Å². The van der Waals surface area contributed by atoms with Crippen LogP contribution in [0.3, 0.4) is 0 Å². The number of carboxylic acid groups (broad SMARTS) is 1. The van der Waals surface area contributed by atoms with Gasteiger partial charge in [0.1, 0.15) is 6.10 Å². The molecular formula is C15H25NO4. The number of hydrogen-bond donors (Lipinski definition) is 2. The van der Waals surface area contributed by atoms with Crippen molar-refractivity contribution in [1.82, 2.24) is 5.32 Å². The number of rotatable bonds is 4. The Hall–Kier alpha value is -1.10. The smallest absolute Gasteiger partial charge is 0.311 e. The van der Waals surface area contributed by atoms with Crippen LogP contribution in [-0.2, 0) is 14.3 Å². The zero-order chi connectivity index (χ0) is 14.8. The van der Waals surface area contributed by atoms with Gasteiger partial charge in [0.25, 0.3) is 0 Å². The van der Waals surface area contributed by atoms with Crippen LogP contribution in [0.1, 0.15) is 46.0 Å². The Morgan fingerprint density at radius 2 is 1.90 bits per heavy atom. The molecule has 1 aliphatic carbocycles. The number of amides is 1. The van der Waals surface area contributed by atoms with Crippen molar-refractivity contribution in [2.45, 2.75) is 52.1 Å². The summed E-state index contributed by atoms with van der Waals surface area (Å²) in [7, 11) is 0. The van der Waals surface area contributed by atoms with E-state index in [1.165, 1.54) is 0 Å². The number of carbonyl (C=O) groups excluding carboxylic acids is 1. The van der Waals surface area contributed by atoms with Crippen LogP contribution in [0.5, 0.6) is 0 Å². The summed E-state index contributed by atoms with van der Waals surface area (Å²) in [5, 5.41) is 12.3. The lowest BCUT2D eigenvalue weighted by Gasteiger charge is -2.36. The van der Waals surface area contributed by atoms with Crippen LogP contribution < -0.4 is 5.32 Å². The average molecular weight is 283 g/mol. The lowest BCUT2D eigenvalue weighted by atomic mass is 9.70. The molecule has 0 spiro atoms. The number of carbonyl (C=O) groups is 2. The number of ether oxygens (including phenoxy) is 1. The first kappa shape index (κ1) is 15.3. The molecule has 1 aliphatic heterocycles. The van der Waals surface area contributed by atoms with Crippen molar-refractivity contribution in [3.8, 4) is 0 Å². The Balaban J connectivity index is 1.92. The maximum atomic E-state index is 12.1. The maximum absolute atomic E-state index is 12.1. The fraction of sp³-hybridized carbons (Fsp3) is 0.867. The van der Waals surface area contributed by atoms with Gasteiger partial charge in [0.15, 0.2) is 0 Å². The van der Waals surface area contributed by atoms with Crippen LogP contribution in [0.25, 0.3) is 0 Å². The molecule has 1 heterocycles. The van der Waals surface area contributed by atoms with Crippen LogP contribution >= 0.6 is 0 Å². The molecule has 0 bridgehead atoms.